The van der Waals surface area contributed by atoms with Crippen LogP contribution in [0.2, 0.25) is 0 Å². The van der Waals surface area contributed by atoms with Gasteiger partial charge in [-0.1, -0.05) is 6.92 Å². The SMILES string of the molecule is CCCNC1(C(N)=O)CCCC(SCc2ccco2)C1. The maximum atomic E-state index is 11.9. The van der Waals surface area contributed by atoms with Crippen molar-refractivity contribution in [3.05, 3.63) is 24.2 Å². The van der Waals surface area contributed by atoms with Crippen molar-refractivity contribution < 1.29 is 9.21 Å². The van der Waals surface area contributed by atoms with Crippen LogP contribution < -0.4 is 11.1 Å². The number of carbonyl (C=O) groups is 1. The fourth-order valence-corrected chi connectivity index (χ4v) is 4.10. The molecule has 4 nitrogen and oxygen atoms in total. The molecule has 20 heavy (non-hydrogen) atoms. The molecule has 1 aliphatic rings. The highest BCUT2D eigenvalue weighted by molar-refractivity contribution is 7.99. The Hall–Kier alpha value is -0.940. The summed E-state index contributed by atoms with van der Waals surface area (Å²) in [6.45, 7) is 2.95. The van der Waals surface area contributed by atoms with Gasteiger partial charge in [0.05, 0.1) is 17.6 Å². The molecule has 0 saturated heterocycles. The molecule has 1 aromatic heterocycles. The molecular formula is C15H24N2O2S. The van der Waals surface area contributed by atoms with E-state index in [0.29, 0.717) is 5.25 Å². The molecule has 2 unspecified atom stereocenters. The van der Waals surface area contributed by atoms with E-state index in [9.17, 15) is 4.79 Å². The van der Waals surface area contributed by atoms with Crippen molar-refractivity contribution in [3.63, 3.8) is 0 Å². The van der Waals surface area contributed by atoms with Crippen LogP contribution in [0.15, 0.2) is 22.8 Å². The Labute approximate surface area is 124 Å². The van der Waals surface area contributed by atoms with Gasteiger partial charge in [0, 0.05) is 5.25 Å². The van der Waals surface area contributed by atoms with Crippen LogP contribution in [0.3, 0.4) is 0 Å². The van der Waals surface area contributed by atoms with Crippen LogP contribution in [0.5, 0.6) is 0 Å². The molecule has 0 aromatic carbocycles. The zero-order chi connectivity index (χ0) is 14.4. The number of amides is 1. The minimum atomic E-state index is -0.505. The second kappa shape index (κ2) is 7.18. The topological polar surface area (TPSA) is 68.3 Å². The van der Waals surface area contributed by atoms with Gasteiger partial charge in [-0.15, -0.1) is 0 Å². The molecule has 1 aliphatic carbocycles. The predicted molar refractivity (Wildman–Crippen MR) is 82.5 cm³/mol. The lowest BCUT2D eigenvalue weighted by Crippen LogP contribution is -2.58. The van der Waals surface area contributed by atoms with Gasteiger partial charge in [0.25, 0.3) is 0 Å². The summed E-state index contributed by atoms with van der Waals surface area (Å²) in [5.74, 6) is 1.65. The maximum absolute atomic E-state index is 11.9. The van der Waals surface area contributed by atoms with E-state index in [4.69, 9.17) is 10.2 Å². The maximum Gasteiger partial charge on any atom is 0.237 e. The molecule has 0 radical (unpaired) electrons. The number of nitrogens with two attached hydrogens (primary N) is 1. The molecule has 1 aromatic rings. The second-order valence-electron chi connectivity index (χ2n) is 5.48. The summed E-state index contributed by atoms with van der Waals surface area (Å²) in [6, 6.07) is 3.90. The molecule has 1 fully saturated rings. The third-order valence-corrected chi connectivity index (χ3v) is 5.26. The second-order valence-corrected chi connectivity index (χ2v) is 6.77. The van der Waals surface area contributed by atoms with E-state index in [1.165, 1.54) is 0 Å². The molecule has 1 heterocycles. The standard InChI is InChI=1S/C15H24N2O2S/c1-2-8-17-15(14(16)18)7-3-6-13(10-15)20-11-12-5-4-9-19-12/h4-5,9,13,17H,2-3,6-8,10-11H2,1H3,(H2,16,18). The average molecular weight is 296 g/mol. The minimum Gasteiger partial charge on any atom is -0.468 e. The highest BCUT2D eigenvalue weighted by atomic mass is 32.2. The first-order valence-corrected chi connectivity index (χ1v) is 8.40. The molecule has 0 spiro atoms. The summed E-state index contributed by atoms with van der Waals surface area (Å²) in [5, 5.41) is 3.86. The van der Waals surface area contributed by atoms with Crippen molar-refractivity contribution in [3.8, 4) is 0 Å². The van der Waals surface area contributed by atoms with Gasteiger partial charge in [-0.2, -0.15) is 11.8 Å². The van der Waals surface area contributed by atoms with Crippen molar-refractivity contribution in [2.75, 3.05) is 6.54 Å². The van der Waals surface area contributed by atoms with Gasteiger partial charge in [-0.25, -0.2) is 0 Å². The summed E-state index contributed by atoms with van der Waals surface area (Å²) in [6.07, 6.45) is 6.60. The predicted octanol–water partition coefficient (Wildman–Crippen LogP) is 2.68. The first-order chi connectivity index (χ1) is 9.66. The van der Waals surface area contributed by atoms with E-state index in [1.54, 1.807) is 6.26 Å². The average Bonchev–Trinajstić information content (AvgIpc) is 2.96. The molecule has 1 amide bonds. The van der Waals surface area contributed by atoms with Crippen LogP contribution in [0.25, 0.3) is 0 Å². The van der Waals surface area contributed by atoms with Crippen molar-refractivity contribution in [1.82, 2.24) is 5.32 Å². The molecule has 0 aliphatic heterocycles. The van der Waals surface area contributed by atoms with Crippen molar-refractivity contribution in [2.45, 2.75) is 55.6 Å². The largest absolute Gasteiger partial charge is 0.468 e. The molecular weight excluding hydrogens is 272 g/mol. The van der Waals surface area contributed by atoms with Crippen LogP contribution >= 0.6 is 11.8 Å². The van der Waals surface area contributed by atoms with E-state index < -0.39 is 5.54 Å². The minimum absolute atomic E-state index is 0.200. The van der Waals surface area contributed by atoms with E-state index in [0.717, 1.165) is 50.2 Å². The third-order valence-electron chi connectivity index (χ3n) is 3.93. The van der Waals surface area contributed by atoms with Crippen molar-refractivity contribution in [1.29, 1.82) is 0 Å². The molecule has 5 heteroatoms. The quantitative estimate of drug-likeness (QED) is 0.811. The van der Waals surface area contributed by atoms with E-state index >= 15 is 0 Å². The Kier molecular flexibility index (Phi) is 5.54. The zero-order valence-electron chi connectivity index (χ0n) is 12.1. The Morgan fingerprint density at radius 1 is 1.65 bits per heavy atom. The van der Waals surface area contributed by atoms with E-state index in [1.807, 2.05) is 23.9 Å². The molecule has 3 N–H and O–H groups in total. The lowest BCUT2D eigenvalue weighted by Gasteiger charge is -2.39. The first kappa shape index (κ1) is 15.4. The fourth-order valence-electron chi connectivity index (χ4n) is 2.80. The smallest absolute Gasteiger partial charge is 0.237 e. The van der Waals surface area contributed by atoms with Gasteiger partial charge in [0.2, 0.25) is 5.91 Å². The Bertz CT molecular complexity index is 422. The summed E-state index contributed by atoms with van der Waals surface area (Å²) >= 11 is 1.87. The van der Waals surface area contributed by atoms with Gasteiger partial charge in [-0.3, -0.25) is 4.79 Å². The van der Waals surface area contributed by atoms with Crippen LogP contribution in [-0.4, -0.2) is 23.2 Å². The number of hydrogen-bond donors (Lipinski definition) is 2. The lowest BCUT2D eigenvalue weighted by atomic mass is 9.80. The number of rotatable bonds is 7. The van der Waals surface area contributed by atoms with Crippen molar-refractivity contribution in [2.24, 2.45) is 5.73 Å². The highest BCUT2D eigenvalue weighted by Gasteiger charge is 2.40. The number of carbonyl (C=O) groups excluding carboxylic acids is 1. The molecule has 1 saturated carbocycles. The van der Waals surface area contributed by atoms with E-state index in [-0.39, 0.29) is 5.91 Å². The zero-order valence-corrected chi connectivity index (χ0v) is 12.9. The van der Waals surface area contributed by atoms with Gasteiger partial charge in [0.1, 0.15) is 5.76 Å². The third kappa shape index (κ3) is 3.79. The lowest BCUT2D eigenvalue weighted by molar-refractivity contribution is -0.125. The summed E-state index contributed by atoms with van der Waals surface area (Å²) < 4.78 is 5.36. The number of thioether (sulfide) groups is 1. The molecule has 112 valence electrons. The fraction of sp³-hybridized carbons (Fsp3) is 0.667. The van der Waals surface area contributed by atoms with Crippen LogP contribution in [0.4, 0.5) is 0 Å². The van der Waals surface area contributed by atoms with Gasteiger partial charge in [-0.05, 0) is 50.8 Å². The number of primary amides is 1. The van der Waals surface area contributed by atoms with Gasteiger partial charge in [0.15, 0.2) is 0 Å². The molecule has 0 bridgehead atoms. The number of hydrogen-bond acceptors (Lipinski definition) is 4. The van der Waals surface area contributed by atoms with Crippen molar-refractivity contribution >= 4 is 17.7 Å². The summed E-state index contributed by atoms with van der Waals surface area (Å²) in [4.78, 5) is 11.9. The number of furan rings is 1. The highest BCUT2D eigenvalue weighted by Crippen LogP contribution is 2.36. The normalized spacial score (nSPS) is 26.6. The monoisotopic (exact) mass is 296 g/mol. The van der Waals surface area contributed by atoms with Crippen LogP contribution in [0.1, 0.15) is 44.8 Å². The Balaban J connectivity index is 1.92. The molecule has 2 atom stereocenters. The van der Waals surface area contributed by atoms with Crippen LogP contribution in [-0.2, 0) is 10.5 Å². The first-order valence-electron chi connectivity index (χ1n) is 7.35. The molecule has 2 rings (SSSR count). The Morgan fingerprint density at radius 3 is 3.15 bits per heavy atom. The summed E-state index contributed by atoms with van der Waals surface area (Å²) in [5.41, 5.74) is 5.16. The number of nitrogens with one attached hydrogen (secondary N) is 1. The van der Waals surface area contributed by atoms with E-state index in [2.05, 4.69) is 12.2 Å². The Morgan fingerprint density at radius 2 is 2.50 bits per heavy atom. The van der Waals surface area contributed by atoms with Gasteiger partial charge >= 0.3 is 0 Å². The summed E-state index contributed by atoms with van der Waals surface area (Å²) in [7, 11) is 0. The van der Waals surface area contributed by atoms with Crippen LogP contribution in [0, 0.1) is 0 Å². The van der Waals surface area contributed by atoms with Gasteiger partial charge < -0.3 is 15.5 Å².